The van der Waals surface area contributed by atoms with Crippen LogP contribution in [0.2, 0.25) is 0 Å². The molecule has 0 radical (unpaired) electrons. The summed E-state index contributed by atoms with van der Waals surface area (Å²) in [4.78, 5) is 4.91. The second-order valence-corrected chi connectivity index (χ2v) is 9.78. The van der Waals surface area contributed by atoms with Gasteiger partial charge in [-0.3, -0.25) is 4.90 Å². The molecule has 2 heterocycles. The topological polar surface area (TPSA) is 52.6 Å². The molecular weight excluding hydrogens is 334 g/mol. The first-order valence-corrected chi connectivity index (χ1v) is 11.2. The average Bonchev–Trinajstić information content (AvgIpc) is 2.97. The van der Waals surface area contributed by atoms with E-state index in [9.17, 15) is 8.42 Å². The minimum Gasteiger partial charge on any atom is -0.313 e. The van der Waals surface area contributed by atoms with Crippen LogP contribution in [-0.2, 0) is 9.84 Å². The van der Waals surface area contributed by atoms with Crippen LogP contribution in [0.25, 0.3) is 0 Å². The molecule has 1 N–H and O–H groups in total. The summed E-state index contributed by atoms with van der Waals surface area (Å²) in [5, 5.41) is 3.47. The third-order valence-corrected chi connectivity index (χ3v) is 7.47. The number of benzene rings is 1. The van der Waals surface area contributed by atoms with E-state index < -0.39 is 9.84 Å². The molecule has 3 rings (SSSR count). The van der Waals surface area contributed by atoms with Crippen molar-refractivity contribution < 1.29 is 8.42 Å². The first-order chi connectivity index (χ1) is 12.0. The van der Waals surface area contributed by atoms with Gasteiger partial charge in [0.25, 0.3) is 0 Å². The summed E-state index contributed by atoms with van der Waals surface area (Å²) in [5.41, 5.74) is 1.34. The Hall–Kier alpha value is -0.950. The van der Waals surface area contributed by atoms with Crippen molar-refractivity contribution in [2.45, 2.75) is 25.4 Å². The molecule has 2 aliphatic rings. The minimum atomic E-state index is -2.79. The first-order valence-electron chi connectivity index (χ1n) is 9.37. The lowest BCUT2D eigenvalue weighted by atomic mass is 9.94. The van der Waals surface area contributed by atoms with Crippen molar-refractivity contribution in [3.8, 4) is 0 Å². The monoisotopic (exact) mass is 365 g/mol. The highest BCUT2D eigenvalue weighted by molar-refractivity contribution is 7.91. The lowest BCUT2D eigenvalue weighted by Gasteiger charge is -2.39. The summed E-state index contributed by atoms with van der Waals surface area (Å²) in [5.74, 6) is 1.25. The SMILES string of the molecule is CNC(c1ccccc1)[C@@H](C)CN1CCN(C2CCS(=O)(=O)C2)CC1. The van der Waals surface area contributed by atoms with Crippen molar-refractivity contribution in [1.82, 2.24) is 15.1 Å². The van der Waals surface area contributed by atoms with Crippen LogP contribution in [0.5, 0.6) is 0 Å². The second-order valence-electron chi connectivity index (χ2n) is 7.55. The van der Waals surface area contributed by atoms with Crippen LogP contribution in [0.3, 0.4) is 0 Å². The fraction of sp³-hybridized carbons (Fsp3) is 0.684. The van der Waals surface area contributed by atoms with E-state index in [1.54, 1.807) is 0 Å². The van der Waals surface area contributed by atoms with E-state index in [2.05, 4.69) is 52.4 Å². The van der Waals surface area contributed by atoms with Crippen LogP contribution >= 0.6 is 0 Å². The second kappa shape index (κ2) is 8.16. The normalized spacial score (nSPS) is 27.2. The lowest BCUT2D eigenvalue weighted by molar-refractivity contribution is 0.0905. The van der Waals surface area contributed by atoms with E-state index in [4.69, 9.17) is 0 Å². The molecule has 140 valence electrons. The molecule has 0 aromatic heterocycles. The lowest BCUT2D eigenvalue weighted by Crippen LogP contribution is -2.52. The van der Waals surface area contributed by atoms with Gasteiger partial charge in [0.1, 0.15) is 0 Å². The average molecular weight is 366 g/mol. The number of hydrogen-bond acceptors (Lipinski definition) is 5. The van der Waals surface area contributed by atoms with Crippen molar-refractivity contribution in [2.24, 2.45) is 5.92 Å². The highest BCUT2D eigenvalue weighted by Crippen LogP contribution is 2.24. The zero-order chi connectivity index (χ0) is 17.9. The molecule has 0 spiro atoms. The smallest absolute Gasteiger partial charge is 0.151 e. The molecule has 0 saturated carbocycles. The fourth-order valence-electron chi connectivity index (χ4n) is 4.33. The maximum atomic E-state index is 11.7. The van der Waals surface area contributed by atoms with Gasteiger partial charge in [-0.2, -0.15) is 0 Å². The predicted octanol–water partition coefficient (Wildman–Crippen LogP) is 1.39. The molecule has 1 aromatic rings. The quantitative estimate of drug-likeness (QED) is 0.826. The summed E-state index contributed by atoms with van der Waals surface area (Å²) in [7, 11) is -0.752. The predicted molar refractivity (Wildman–Crippen MR) is 102 cm³/mol. The van der Waals surface area contributed by atoms with Crippen LogP contribution < -0.4 is 5.32 Å². The van der Waals surface area contributed by atoms with Gasteiger partial charge in [-0.05, 0) is 24.9 Å². The maximum Gasteiger partial charge on any atom is 0.151 e. The van der Waals surface area contributed by atoms with E-state index in [0.29, 0.717) is 23.5 Å². The van der Waals surface area contributed by atoms with Crippen LogP contribution in [0.4, 0.5) is 0 Å². The zero-order valence-corrected chi connectivity index (χ0v) is 16.2. The van der Waals surface area contributed by atoms with Gasteiger partial charge in [0.2, 0.25) is 0 Å². The summed E-state index contributed by atoms with van der Waals surface area (Å²) in [6.07, 6.45) is 0.814. The number of piperazine rings is 1. The van der Waals surface area contributed by atoms with Crippen LogP contribution in [0.1, 0.15) is 24.9 Å². The molecule has 6 heteroatoms. The Morgan fingerprint density at radius 2 is 1.84 bits per heavy atom. The first kappa shape index (κ1) is 18.8. The Balaban J connectivity index is 1.50. The van der Waals surface area contributed by atoms with Crippen LogP contribution in [0.15, 0.2) is 30.3 Å². The van der Waals surface area contributed by atoms with E-state index in [0.717, 1.165) is 39.1 Å². The summed E-state index contributed by atoms with van der Waals surface area (Å²) in [6, 6.07) is 11.2. The van der Waals surface area contributed by atoms with Gasteiger partial charge >= 0.3 is 0 Å². The third-order valence-electron chi connectivity index (χ3n) is 5.72. The van der Waals surface area contributed by atoms with Gasteiger partial charge in [0.15, 0.2) is 9.84 Å². The van der Waals surface area contributed by atoms with E-state index in [-0.39, 0.29) is 6.04 Å². The van der Waals surface area contributed by atoms with Gasteiger partial charge in [-0.15, -0.1) is 0 Å². The Kier molecular flexibility index (Phi) is 6.15. The highest BCUT2D eigenvalue weighted by Gasteiger charge is 2.34. The zero-order valence-electron chi connectivity index (χ0n) is 15.4. The van der Waals surface area contributed by atoms with Crippen molar-refractivity contribution in [2.75, 3.05) is 51.3 Å². The molecule has 25 heavy (non-hydrogen) atoms. The molecule has 0 aliphatic carbocycles. The Labute approximate surface area is 152 Å². The Morgan fingerprint density at radius 3 is 2.40 bits per heavy atom. The molecule has 0 amide bonds. The molecule has 2 aliphatic heterocycles. The molecule has 5 nitrogen and oxygen atoms in total. The summed E-state index contributed by atoms with van der Waals surface area (Å²) in [6.45, 7) is 7.42. The summed E-state index contributed by atoms with van der Waals surface area (Å²) < 4.78 is 23.4. The standard InChI is InChI=1S/C19H31N3O2S/c1-16(19(20-2)17-6-4-3-5-7-17)14-21-9-11-22(12-10-21)18-8-13-25(23,24)15-18/h3-7,16,18-20H,8-15H2,1-2H3/t16-,18?,19?/m0/s1. The maximum absolute atomic E-state index is 11.7. The van der Waals surface area contributed by atoms with Gasteiger partial charge in [-0.25, -0.2) is 8.42 Å². The van der Waals surface area contributed by atoms with Gasteiger partial charge in [-0.1, -0.05) is 37.3 Å². The van der Waals surface area contributed by atoms with Crippen molar-refractivity contribution >= 4 is 9.84 Å². The number of nitrogens with zero attached hydrogens (tertiary/aromatic N) is 2. The number of sulfone groups is 1. The minimum absolute atomic E-state index is 0.249. The van der Waals surface area contributed by atoms with E-state index in [1.165, 1.54) is 5.56 Å². The van der Waals surface area contributed by atoms with E-state index in [1.807, 2.05) is 7.05 Å². The molecular formula is C19H31N3O2S. The third kappa shape index (κ3) is 4.82. The largest absolute Gasteiger partial charge is 0.313 e. The van der Waals surface area contributed by atoms with Gasteiger partial charge in [0, 0.05) is 44.8 Å². The molecule has 3 atom stereocenters. The molecule has 2 fully saturated rings. The highest BCUT2D eigenvalue weighted by atomic mass is 32.2. The van der Waals surface area contributed by atoms with Gasteiger partial charge < -0.3 is 10.2 Å². The number of hydrogen-bond donors (Lipinski definition) is 1. The molecule has 1 aromatic carbocycles. The van der Waals surface area contributed by atoms with Crippen LogP contribution in [0, 0.1) is 5.92 Å². The molecule has 2 unspecified atom stereocenters. The van der Waals surface area contributed by atoms with Crippen molar-refractivity contribution in [3.63, 3.8) is 0 Å². The summed E-state index contributed by atoms with van der Waals surface area (Å²) >= 11 is 0. The van der Waals surface area contributed by atoms with Crippen molar-refractivity contribution in [3.05, 3.63) is 35.9 Å². The fourth-order valence-corrected chi connectivity index (χ4v) is 6.09. The molecule has 0 bridgehead atoms. The van der Waals surface area contributed by atoms with E-state index >= 15 is 0 Å². The van der Waals surface area contributed by atoms with Crippen LogP contribution in [-0.4, -0.2) is 75.5 Å². The van der Waals surface area contributed by atoms with Gasteiger partial charge in [0.05, 0.1) is 11.5 Å². The number of nitrogens with one attached hydrogen (secondary N) is 1. The molecule has 2 saturated heterocycles. The Morgan fingerprint density at radius 1 is 1.16 bits per heavy atom. The Bertz CT molecular complexity index is 642. The number of rotatable bonds is 6. The van der Waals surface area contributed by atoms with Crippen molar-refractivity contribution in [1.29, 1.82) is 0 Å².